The molecule has 21 heavy (non-hydrogen) atoms. The molecule has 1 aromatic rings. The Kier molecular flexibility index (Phi) is 4.29. The van der Waals surface area contributed by atoms with Crippen LogP contribution in [-0.4, -0.2) is 24.2 Å². The smallest absolute Gasteiger partial charge is 0.264 e. The molecule has 5 heteroatoms. The van der Waals surface area contributed by atoms with Gasteiger partial charge in [0.05, 0.1) is 18.1 Å². The highest BCUT2D eigenvalue weighted by Gasteiger charge is 2.25. The van der Waals surface area contributed by atoms with Crippen molar-refractivity contribution in [3.05, 3.63) is 34.7 Å². The highest BCUT2D eigenvalue weighted by atomic mass is 32.2. The predicted molar refractivity (Wildman–Crippen MR) is 86.4 cm³/mol. The summed E-state index contributed by atoms with van der Waals surface area (Å²) < 4.78 is 5.20. The molecule has 1 aliphatic carbocycles. The molecule has 0 unspecified atom stereocenters. The molecular weight excluding hydrogens is 284 g/mol. The van der Waals surface area contributed by atoms with Crippen LogP contribution in [0, 0.1) is 0 Å². The minimum absolute atomic E-state index is 0.0698. The molecule has 0 radical (unpaired) electrons. The summed E-state index contributed by atoms with van der Waals surface area (Å²) in [6.07, 6.45) is 6.63. The first kappa shape index (κ1) is 14.2. The summed E-state index contributed by atoms with van der Waals surface area (Å²) in [4.78, 5) is 17.3. The molecule has 4 nitrogen and oxygen atoms in total. The van der Waals surface area contributed by atoms with Crippen LogP contribution in [0.3, 0.4) is 0 Å². The number of nitrogens with zero attached hydrogens (tertiary/aromatic N) is 1. The predicted octanol–water partition coefficient (Wildman–Crippen LogP) is 3.20. The van der Waals surface area contributed by atoms with Gasteiger partial charge in [0, 0.05) is 0 Å². The molecule has 1 N–H and O–H groups in total. The van der Waals surface area contributed by atoms with Crippen molar-refractivity contribution in [3.8, 4) is 5.75 Å². The molecule has 2 aliphatic rings. The topological polar surface area (TPSA) is 50.7 Å². The number of hydrogen-bond acceptors (Lipinski definition) is 4. The molecule has 2 fully saturated rings. The summed E-state index contributed by atoms with van der Waals surface area (Å²) in [5.41, 5.74) is 0.953. The molecule has 0 bridgehead atoms. The lowest BCUT2D eigenvalue weighted by Crippen LogP contribution is -2.21. The van der Waals surface area contributed by atoms with E-state index in [1.165, 1.54) is 24.6 Å². The van der Waals surface area contributed by atoms with E-state index in [2.05, 4.69) is 10.3 Å². The van der Waals surface area contributed by atoms with E-state index in [0.717, 1.165) is 29.3 Å². The second-order valence-corrected chi connectivity index (χ2v) is 6.24. The molecule has 1 aliphatic heterocycles. The largest absolute Gasteiger partial charge is 0.497 e. The van der Waals surface area contributed by atoms with E-state index in [-0.39, 0.29) is 5.91 Å². The Labute approximate surface area is 128 Å². The van der Waals surface area contributed by atoms with Crippen LogP contribution in [0.5, 0.6) is 5.75 Å². The van der Waals surface area contributed by atoms with Gasteiger partial charge in [0.2, 0.25) is 0 Å². The van der Waals surface area contributed by atoms with Crippen LogP contribution >= 0.6 is 11.8 Å². The maximum atomic E-state index is 12.0. The average Bonchev–Trinajstić information content (AvgIpc) is 3.10. The van der Waals surface area contributed by atoms with Crippen molar-refractivity contribution in [1.29, 1.82) is 0 Å². The monoisotopic (exact) mass is 302 g/mol. The molecule has 0 aromatic heterocycles. The summed E-state index contributed by atoms with van der Waals surface area (Å²) >= 11 is 1.42. The first-order valence-electron chi connectivity index (χ1n) is 7.17. The molecule has 1 amide bonds. The van der Waals surface area contributed by atoms with Crippen LogP contribution < -0.4 is 10.1 Å². The zero-order valence-corrected chi connectivity index (χ0v) is 12.8. The summed E-state index contributed by atoms with van der Waals surface area (Å²) in [6, 6.07) is 8.04. The number of carbonyl (C=O) groups is 1. The Balaban J connectivity index is 1.76. The van der Waals surface area contributed by atoms with Crippen LogP contribution in [0.2, 0.25) is 0 Å². The first-order chi connectivity index (χ1) is 10.2. The molecule has 1 aromatic carbocycles. The minimum atomic E-state index is -0.0698. The summed E-state index contributed by atoms with van der Waals surface area (Å²) in [7, 11) is 1.63. The number of benzene rings is 1. The summed E-state index contributed by atoms with van der Waals surface area (Å²) in [5.74, 6) is 0.715. The Morgan fingerprint density at radius 3 is 2.95 bits per heavy atom. The number of rotatable bonds is 3. The molecule has 1 saturated heterocycles. The van der Waals surface area contributed by atoms with E-state index in [9.17, 15) is 4.79 Å². The fraction of sp³-hybridized carbons (Fsp3) is 0.375. The third kappa shape index (κ3) is 3.47. The Morgan fingerprint density at radius 1 is 1.38 bits per heavy atom. The fourth-order valence-electron chi connectivity index (χ4n) is 2.57. The highest BCUT2D eigenvalue weighted by Crippen LogP contribution is 2.29. The molecule has 0 atom stereocenters. The van der Waals surface area contributed by atoms with Crippen LogP contribution in [-0.2, 0) is 4.79 Å². The van der Waals surface area contributed by atoms with E-state index in [1.807, 2.05) is 30.3 Å². The highest BCUT2D eigenvalue weighted by molar-refractivity contribution is 8.18. The van der Waals surface area contributed by atoms with Crippen LogP contribution in [0.4, 0.5) is 0 Å². The van der Waals surface area contributed by atoms with Gasteiger partial charge >= 0.3 is 0 Å². The molecule has 110 valence electrons. The van der Waals surface area contributed by atoms with Crippen molar-refractivity contribution in [2.45, 2.75) is 31.7 Å². The van der Waals surface area contributed by atoms with Crippen molar-refractivity contribution < 1.29 is 9.53 Å². The number of carbonyl (C=O) groups excluding carboxylic acids is 1. The van der Waals surface area contributed by atoms with Crippen molar-refractivity contribution >= 4 is 28.9 Å². The SMILES string of the molecule is COc1cccc(/C=C2/SC(=NC3CCCC3)NC2=O)c1. The standard InChI is InChI=1S/C16H18N2O2S/c1-20-13-8-4-5-11(9-13)10-14-15(19)18-16(21-14)17-12-6-2-3-7-12/h4-5,8-10,12H,2-3,6-7H2,1H3,(H,17,18,19)/b14-10+. The van der Waals surface area contributed by atoms with Crippen LogP contribution in [0.1, 0.15) is 31.2 Å². The zero-order chi connectivity index (χ0) is 14.7. The Morgan fingerprint density at radius 2 is 2.19 bits per heavy atom. The fourth-order valence-corrected chi connectivity index (χ4v) is 3.46. The van der Waals surface area contributed by atoms with E-state index >= 15 is 0 Å². The molecular formula is C16H18N2O2S. The van der Waals surface area contributed by atoms with Gasteiger partial charge in [0.1, 0.15) is 5.75 Å². The van der Waals surface area contributed by atoms with Crippen LogP contribution in [0.25, 0.3) is 6.08 Å². The second-order valence-electron chi connectivity index (χ2n) is 5.21. The molecule has 1 saturated carbocycles. The van der Waals surface area contributed by atoms with Gasteiger partial charge in [-0.1, -0.05) is 25.0 Å². The number of thioether (sulfide) groups is 1. The van der Waals surface area contributed by atoms with Crippen LogP contribution in [0.15, 0.2) is 34.2 Å². The Bertz CT molecular complexity index is 604. The van der Waals surface area contributed by atoms with Gasteiger partial charge in [0.15, 0.2) is 5.17 Å². The lowest BCUT2D eigenvalue weighted by Gasteiger charge is -2.02. The van der Waals surface area contributed by atoms with Crippen molar-refractivity contribution in [1.82, 2.24) is 5.32 Å². The lowest BCUT2D eigenvalue weighted by molar-refractivity contribution is -0.115. The third-order valence-corrected chi connectivity index (χ3v) is 4.59. The van der Waals surface area contributed by atoms with Crippen molar-refractivity contribution in [2.24, 2.45) is 4.99 Å². The maximum Gasteiger partial charge on any atom is 0.264 e. The number of amidine groups is 1. The average molecular weight is 302 g/mol. The number of ether oxygens (including phenoxy) is 1. The number of hydrogen-bond donors (Lipinski definition) is 1. The minimum Gasteiger partial charge on any atom is -0.497 e. The first-order valence-corrected chi connectivity index (χ1v) is 7.99. The van der Waals surface area contributed by atoms with Crippen molar-refractivity contribution in [2.75, 3.05) is 7.11 Å². The second kappa shape index (κ2) is 6.35. The lowest BCUT2D eigenvalue weighted by atomic mass is 10.2. The number of amides is 1. The quantitative estimate of drug-likeness (QED) is 0.872. The normalized spacial score (nSPS) is 23.0. The maximum absolute atomic E-state index is 12.0. The van der Waals surface area contributed by atoms with Gasteiger partial charge in [-0.15, -0.1) is 0 Å². The number of methoxy groups -OCH3 is 1. The van der Waals surface area contributed by atoms with Gasteiger partial charge in [-0.2, -0.15) is 0 Å². The van der Waals surface area contributed by atoms with E-state index in [4.69, 9.17) is 4.74 Å². The van der Waals surface area contributed by atoms with Gasteiger partial charge in [-0.25, -0.2) is 0 Å². The molecule has 1 heterocycles. The molecule has 3 rings (SSSR count). The Hall–Kier alpha value is -1.75. The number of nitrogens with one attached hydrogen (secondary N) is 1. The zero-order valence-electron chi connectivity index (χ0n) is 12.0. The van der Waals surface area contributed by atoms with Gasteiger partial charge in [0.25, 0.3) is 5.91 Å². The van der Waals surface area contributed by atoms with E-state index in [0.29, 0.717) is 10.9 Å². The van der Waals surface area contributed by atoms with Gasteiger partial charge in [-0.3, -0.25) is 9.79 Å². The summed E-state index contributed by atoms with van der Waals surface area (Å²) in [5, 5.41) is 3.59. The van der Waals surface area contributed by atoms with Gasteiger partial charge < -0.3 is 10.1 Å². The summed E-state index contributed by atoms with van der Waals surface area (Å²) in [6.45, 7) is 0. The van der Waals surface area contributed by atoms with E-state index < -0.39 is 0 Å². The molecule has 0 spiro atoms. The van der Waals surface area contributed by atoms with Crippen molar-refractivity contribution in [3.63, 3.8) is 0 Å². The third-order valence-electron chi connectivity index (χ3n) is 3.67. The van der Waals surface area contributed by atoms with E-state index in [1.54, 1.807) is 7.11 Å². The number of aliphatic imine (C=N–C) groups is 1. The van der Waals surface area contributed by atoms with Gasteiger partial charge in [-0.05, 0) is 48.4 Å².